The van der Waals surface area contributed by atoms with Crippen molar-refractivity contribution in [1.29, 1.82) is 0 Å². The quantitative estimate of drug-likeness (QED) is 0.0801. The minimum atomic E-state index is -4.29. The van der Waals surface area contributed by atoms with Crippen molar-refractivity contribution in [3.63, 3.8) is 0 Å². The molecule has 1 atom stereocenters. The zero-order valence-corrected chi connectivity index (χ0v) is 33.9. The highest BCUT2D eigenvalue weighted by atomic mass is 32.2. The highest BCUT2D eigenvalue weighted by molar-refractivity contribution is 7.86. The molecule has 0 aliphatic heterocycles. The predicted molar refractivity (Wildman–Crippen MR) is 211 cm³/mol. The zero-order valence-electron chi connectivity index (χ0n) is 31.4. The van der Waals surface area contributed by atoms with E-state index in [0.29, 0.717) is 12.2 Å². The van der Waals surface area contributed by atoms with Crippen molar-refractivity contribution in [3.05, 3.63) is 89.8 Å². The molecule has 4 heterocycles. The Balaban J connectivity index is 0.000000171. The number of aryl methyl sites for hydroxylation is 6. The summed E-state index contributed by atoms with van der Waals surface area (Å²) in [6, 6.07) is 16.4. The highest BCUT2D eigenvalue weighted by Crippen LogP contribution is 2.32. The van der Waals surface area contributed by atoms with Crippen LogP contribution in [0.3, 0.4) is 0 Å². The lowest BCUT2D eigenvalue weighted by Crippen LogP contribution is -2.38. The van der Waals surface area contributed by atoms with E-state index in [1.165, 1.54) is 41.0 Å². The second-order valence-corrected chi connectivity index (χ2v) is 16.7. The number of fused-ring (bicyclic) bond motifs is 4. The molecule has 0 aliphatic carbocycles. The monoisotopic (exact) mass is 791 g/mol. The Kier molecular flexibility index (Phi) is 12.0. The van der Waals surface area contributed by atoms with Gasteiger partial charge in [0, 0.05) is 66.7 Å². The second-order valence-electron chi connectivity index (χ2n) is 13.1. The summed E-state index contributed by atoms with van der Waals surface area (Å²) in [4.78, 5) is 6.69. The van der Waals surface area contributed by atoms with Crippen molar-refractivity contribution in [2.24, 2.45) is 7.05 Å². The van der Waals surface area contributed by atoms with Crippen molar-refractivity contribution in [2.75, 3.05) is 0 Å². The summed E-state index contributed by atoms with van der Waals surface area (Å²) >= 11 is 4.63. The second kappa shape index (κ2) is 16.0. The van der Waals surface area contributed by atoms with E-state index in [1.807, 2.05) is 48.5 Å². The van der Waals surface area contributed by atoms with Gasteiger partial charge in [-0.2, -0.15) is 0 Å². The fourth-order valence-electron chi connectivity index (χ4n) is 6.74. The first kappa shape index (κ1) is 40.5. The number of hydrogen-bond donors (Lipinski definition) is 2. The van der Waals surface area contributed by atoms with Crippen LogP contribution in [0, 0.1) is 20.4 Å². The summed E-state index contributed by atoms with van der Waals surface area (Å²) < 4.78 is 75.5. The molecule has 3 aromatic carbocycles. The van der Waals surface area contributed by atoms with Crippen LogP contribution in [-0.4, -0.2) is 49.9 Å². The molecule has 13 nitrogen and oxygen atoms in total. The van der Waals surface area contributed by atoms with E-state index in [2.05, 4.69) is 81.2 Å². The van der Waals surface area contributed by atoms with E-state index in [0.717, 1.165) is 58.1 Å². The average Bonchev–Trinajstić information content (AvgIpc) is 3.85. The fraction of sp³-hybridized carbons (Fsp3) is 0.342. The van der Waals surface area contributed by atoms with E-state index in [9.17, 15) is 25.9 Å². The Bertz CT molecular complexity index is 2700. The molecule has 7 rings (SSSR count). The lowest BCUT2D eigenvalue weighted by atomic mass is 10.2. The van der Waals surface area contributed by atoms with Crippen LogP contribution < -0.4 is 9.13 Å². The smallest absolute Gasteiger partial charge is 0.315 e. The van der Waals surface area contributed by atoms with E-state index < -0.39 is 25.5 Å². The van der Waals surface area contributed by atoms with Crippen LogP contribution in [0.15, 0.2) is 77.0 Å². The molecule has 0 bridgehead atoms. The molecule has 0 saturated heterocycles. The molecule has 0 radical (unpaired) electrons. The van der Waals surface area contributed by atoms with E-state index in [1.54, 1.807) is 12.1 Å². The van der Waals surface area contributed by atoms with Gasteiger partial charge in [0.15, 0.2) is 22.1 Å². The van der Waals surface area contributed by atoms with Gasteiger partial charge in [-0.3, -0.25) is 0 Å². The molecule has 1 unspecified atom stereocenters. The number of aromatic amines is 1. The minimum absolute atomic E-state index is 0.178. The number of nitrogens with one attached hydrogen (secondary N) is 1. The van der Waals surface area contributed by atoms with Gasteiger partial charge in [0.1, 0.15) is 10.1 Å². The van der Waals surface area contributed by atoms with Gasteiger partial charge in [-0.25, -0.2) is 39.9 Å². The van der Waals surface area contributed by atoms with E-state index in [4.69, 9.17) is 6.57 Å². The Labute approximate surface area is 321 Å². The third-order valence-electron chi connectivity index (χ3n) is 9.77. The van der Waals surface area contributed by atoms with Crippen LogP contribution in [0.4, 0.5) is 5.69 Å². The standard InChI is InChI=1S/C18H22N4O3S.C13H15N3S.C7H8O3S/c1-6-21-13(3)22(8-7-12(2)26(23,24)25)17-9-14-15(19-4)11-20(5)16(14)10-18(17)21;1-3-15-11-7-9-5-6-14-10(9)8-12(11)16(4-2)13(15)17;1-6-2-4-7(5-3-6)11(8,9)10/h9-12H,6-8H2,1-3,5H3;5-8,14H,3-4H2,1-2H3;2-5H,1H3,(H,8,9,10). The van der Waals surface area contributed by atoms with Crippen LogP contribution >= 0.6 is 12.6 Å². The van der Waals surface area contributed by atoms with Gasteiger partial charge in [-0.1, -0.05) is 30.3 Å². The average molecular weight is 792 g/mol. The minimum Gasteiger partial charge on any atom is -0.748 e. The molecule has 7 aromatic rings. The summed E-state index contributed by atoms with van der Waals surface area (Å²) in [5.41, 5.74) is 8.17. The zero-order chi connectivity index (χ0) is 39.7. The molecule has 0 spiro atoms. The van der Waals surface area contributed by atoms with Gasteiger partial charge in [-0.15, -0.1) is 0 Å². The Hall–Kier alpha value is -4.66. The number of hydrogen-bond acceptors (Lipinski definition) is 7. The van der Waals surface area contributed by atoms with Crippen molar-refractivity contribution < 1.29 is 35.1 Å². The molecule has 0 fully saturated rings. The Morgan fingerprint density at radius 3 is 2.09 bits per heavy atom. The summed E-state index contributed by atoms with van der Waals surface area (Å²) in [6.07, 6.45) is 4.05. The molecule has 1 N–H and O–H groups in total. The number of aromatic nitrogens is 6. The molecule has 286 valence electrons. The third kappa shape index (κ3) is 8.06. The van der Waals surface area contributed by atoms with Crippen LogP contribution in [0.5, 0.6) is 0 Å². The van der Waals surface area contributed by atoms with Gasteiger partial charge in [-0.05, 0) is 65.0 Å². The van der Waals surface area contributed by atoms with Crippen molar-refractivity contribution >= 4 is 82.4 Å². The van der Waals surface area contributed by atoms with Crippen LogP contribution in [0.2, 0.25) is 0 Å². The Morgan fingerprint density at radius 2 is 1.52 bits per heavy atom. The first-order valence-corrected chi connectivity index (χ1v) is 20.9. The molecule has 0 saturated carbocycles. The Morgan fingerprint density at radius 1 is 0.889 bits per heavy atom. The van der Waals surface area contributed by atoms with Crippen molar-refractivity contribution in [1.82, 2.24) is 18.7 Å². The molecule has 4 aromatic heterocycles. The maximum atomic E-state index is 11.2. The summed E-state index contributed by atoms with van der Waals surface area (Å²) in [6.45, 7) is 22.1. The van der Waals surface area contributed by atoms with E-state index >= 15 is 0 Å². The van der Waals surface area contributed by atoms with Gasteiger partial charge in [0.2, 0.25) is 5.69 Å². The molecule has 0 aliphatic rings. The maximum absolute atomic E-state index is 11.2. The number of imidazole rings is 2. The number of nitrogens with zero attached hydrogens (tertiary/aromatic N) is 6. The number of benzene rings is 3. The first-order valence-electron chi connectivity index (χ1n) is 17.5. The first-order chi connectivity index (χ1) is 25.4. The summed E-state index contributed by atoms with van der Waals surface area (Å²) in [5, 5.41) is 2.22. The molecule has 0 amide bonds. The SMILES string of the molecule is CCn1c(S)[n+](CC)c2cc3[nH]ccc3cc21.Cc1ccc(S(=O)(=O)[O-])cc1.[C-]#[N+]c1cn(C)c2cc3c(cc12)[n+](CCC(C)S(=O)(=O)[O-])c(C)n3CC. The molecular weight excluding hydrogens is 747 g/mol. The van der Waals surface area contributed by atoms with Gasteiger partial charge < -0.3 is 18.7 Å². The molecule has 16 heteroatoms. The van der Waals surface area contributed by atoms with Gasteiger partial charge >= 0.3 is 5.16 Å². The third-order valence-corrected chi connectivity index (χ3v) is 12.3. The summed E-state index contributed by atoms with van der Waals surface area (Å²) in [7, 11) is -6.64. The lowest BCUT2D eigenvalue weighted by Gasteiger charge is -2.14. The lowest BCUT2D eigenvalue weighted by molar-refractivity contribution is -0.706. The fourth-order valence-corrected chi connectivity index (χ4v) is 8.10. The number of rotatable bonds is 8. The van der Waals surface area contributed by atoms with Crippen LogP contribution in [-0.2, 0) is 53.5 Å². The van der Waals surface area contributed by atoms with Gasteiger partial charge in [0.25, 0.3) is 5.82 Å². The van der Waals surface area contributed by atoms with Crippen molar-refractivity contribution in [2.45, 2.75) is 89.4 Å². The summed E-state index contributed by atoms with van der Waals surface area (Å²) in [5.74, 6) is 0.998. The predicted octanol–water partition coefficient (Wildman–Crippen LogP) is 6.26. The number of thiol groups is 1. The molecular formula is C38H45N7O6S3. The van der Waals surface area contributed by atoms with Crippen LogP contribution in [0.1, 0.15) is 45.5 Å². The van der Waals surface area contributed by atoms with E-state index in [-0.39, 0.29) is 11.3 Å². The maximum Gasteiger partial charge on any atom is 0.315 e. The molecule has 54 heavy (non-hydrogen) atoms. The van der Waals surface area contributed by atoms with Crippen LogP contribution in [0.25, 0.3) is 48.7 Å². The van der Waals surface area contributed by atoms with Gasteiger partial charge in [0.05, 0.1) is 53.0 Å². The van der Waals surface area contributed by atoms with Crippen molar-refractivity contribution in [3.8, 4) is 0 Å². The number of H-pyrrole nitrogens is 1. The largest absolute Gasteiger partial charge is 0.748 e. The normalized spacial score (nSPS) is 12.5. The highest BCUT2D eigenvalue weighted by Gasteiger charge is 2.24. The topological polar surface area (TPSA) is 157 Å².